The molecule has 7 aromatic carbocycles. The molecule has 0 aliphatic carbocycles. The minimum Gasteiger partial charge on any atom is -1.00 e. The predicted octanol–water partition coefficient (Wildman–Crippen LogP) is 10.7. The standard InChI is InChI=1S/C49H64N6O11.C39H45N3O7.C8H9N3O2S.CH3F.CH2O3.2Cs.H/c1-35-19-20-51-45(32-35)55(48(59)66-49(3,4)5)22-9-12-46(57)53-36(2)43(56)33-39(34-47(58)60-6)37-13-15-38(16-14-37)40-17-18-44(42-11-8-7-10-41(40)42)65-31-30-64-29-28-63-27-26-62-25-24-61-23-21-52-54-50;1-25-19-20-40-35(22-25)42(38(47)49-39(3,4)5)21-9-12-36(45)41-26(2)34(44)23-29(24-37(46)48-6)27-13-15-28(16-14-27)30-17-18-33(43)32-11-8-7-10-31(30)32;1-7-2-4-8(5-3-7)14(12,13)6-10-11-9;1-2;2-1-4-3;;;/h7-8,10-11,13-20,32,36,39H,9,12,21-31,33-34H2,1-6H3,(H,53,57);7-8,10-11,13-20,22,26,29,43H,9,12,21,23-24H2,1-6H3,(H,41,45);2-5H,6H2,1H3;1H3;1,3H;;;/q;;;;;2*+1;-1/p-1/t36-,39-;26-,29-;;;;;;/m00....../s1/i;;;1D;;;;. The zero-order valence-electron chi connectivity index (χ0n) is 82.5. The molecule has 728 valence electrons. The first kappa shape index (κ1) is 120. The van der Waals surface area contributed by atoms with E-state index >= 15 is 0 Å². The Kier molecular flexibility index (Phi) is 57.3. The maximum atomic E-state index is 13.6. The fraction of sp³-hybridized carbons (Fsp3) is 0.418. The van der Waals surface area contributed by atoms with Gasteiger partial charge < -0.3 is 69.9 Å². The van der Waals surface area contributed by atoms with Crippen molar-refractivity contribution in [2.45, 2.75) is 168 Å². The van der Waals surface area contributed by atoms with Crippen molar-refractivity contribution in [2.75, 3.05) is 116 Å². The van der Waals surface area contributed by atoms with E-state index in [1.807, 2.05) is 148 Å². The number of hydrogen-bond donors (Lipinski definition) is 3. The number of carbonyl (C=O) groups is 9. The number of sulfone groups is 1. The largest absolute Gasteiger partial charge is 1.00 e. The van der Waals surface area contributed by atoms with Gasteiger partial charge in [0.05, 0.1) is 105 Å². The number of pyridine rings is 2. The van der Waals surface area contributed by atoms with Gasteiger partial charge in [-0.3, -0.25) is 47.8 Å². The summed E-state index contributed by atoms with van der Waals surface area (Å²) in [7, 11) is -1.84. The van der Waals surface area contributed by atoms with Crippen LogP contribution in [-0.4, -0.2) is 207 Å². The summed E-state index contributed by atoms with van der Waals surface area (Å²) in [5.74, 6) is -1.74. The molecule has 0 spiro atoms. The van der Waals surface area contributed by atoms with Crippen LogP contribution in [0, 0.1) is 20.8 Å². The molecular formula is C98H123Cs2FN12O23S. The number of alkyl halides is 1. The van der Waals surface area contributed by atoms with Gasteiger partial charge in [0, 0.05) is 90.1 Å². The molecule has 0 aliphatic heterocycles. The van der Waals surface area contributed by atoms with Crippen LogP contribution in [0.3, 0.4) is 0 Å². The molecule has 0 fully saturated rings. The maximum Gasteiger partial charge on any atom is 1.00 e. The molecule has 137 heavy (non-hydrogen) atoms. The Labute approximate surface area is 919 Å². The van der Waals surface area contributed by atoms with Crippen molar-refractivity contribution >= 4 is 97.0 Å². The molecule has 0 saturated heterocycles. The number of ether oxygens (including phenoxy) is 9. The van der Waals surface area contributed by atoms with Gasteiger partial charge in [-0.25, -0.2) is 28.0 Å². The van der Waals surface area contributed by atoms with Gasteiger partial charge in [-0.2, -0.15) is 0 Å². The molecular weight excluding hydrogens is 2030 g/mol. The molecule has 0 radical (unpaired) electrons. The summed E-state index contributed by atoms with van der Waals surface area (Å²) < 4.78 is 87.5. The van der Waals surface area contributed by atoms with E-state index in [9.17, 15) is 56.3 Å². The van der Waals surface area contributed by atoms with Crippen LogP contribution in [0.1, 0.15) is 149 Å². The van der Waals surface area contributed by atoms with E-state index in [4.69, 9.17) is 65.1 Å². The first-order valence-electron chi connectivity index (χ1n) is 44.0. The van der Waals surface area contributed by atoms with Gasteiger partial charge in [0.25, 0.3) is 6.47 Å². The summed E-state index contributed by atoms with van der Waals surface area (Å²) in [6.45, 7) is 23.7. The second-order valence-corrected chi connectivity index (χ2v) is 34.5. The predicted molar refractivity (Wildman–Crippen MR) is 508 cm³/mol. The number of halogens is 1. The second kappa shape index (κ2) is 65.5. The Balaban J connectivity index is 0.000000780. The molecule has 0 aliphatic rings. The van der Waals surface area contributed by atoms with Crippen LogP contribution >= 0.6 is 0 Å². The summed E-state index contributed by atoms with van der Waals surface area (Å²) in [4.78, 5) is 132. The molecule has 3 N–H and O–H groups in total. The minimum atomic E-state index is -3.46. The van der Waals surface area contributed by atoms with Crippen LogP contribution in [0.25, 0.3) is 64.7 Å². The number of aryl methyl sites for hydroxylation is 3. The van der Waals surface area contributed by atoms with Gasteiger partial charge in [0.1, 0.15) is 46.8 Å². The number of fused-ring (bicyclic) bond motifs is 2. The fourth-order valence-corrected chi connectivity index (χ4v) is 14.2. The number of ketones is 2. The first-order chi connectivity index (χ1) is 64.9. The van der Waals surface area contributed by atoms with Crippen molar-refractivity contribution in [1.82, 2.24) is 20.6 Å². The summed E-state index contributed by atoms with van der Waals surface area (Å²) in [6.07, 6.45) is 2.85. The van der Waals surface area contributed by atoms with E-state index in [-0.39, 0.29) is 231 Å². The number of benzene rings is 7. The van der Waals surface area contributed by atoms with E-state index in [1.54, 1.807) is 98.1 Å². The molecule has 9 rings (SSSR count). The molecule has 9 aromatic rings. The third-order valence-electron chi connectivity index (χ3n) is 19.9. The van der Waals surface area contributed by atoms with Gasteiger partial charge in [-0.15, -0.1) is 0 Å². The van der Waals surface area contributed by atoms with Gasteiger partial charge in [-0.05, 0) is 204 Å². The maximum absolute atomic E-state index is 13.6. The number of Topliss-reactive ketones (excluding diaryl/α,β-unsaturated/α-hetero) is 2. The van der Waals surface area contributed by atoms with Gasteiger partial charge in [0.2, 0.25) is 11.8 Å². The van der Waals surface area contributed by atoms with E-state index in [0.717, 1.165) is 77.4 Å². The van der Waals surface area contributed by atoms with Crippen LogP contribution in [-0.2, 0) is 86.2 Å². The number of esters is 2. The SMILES string of the molecule is COC(=O)C[C@H](CC(=O)[C@H](C)NC(=O)CCCN(C(=O)OC(C)(C)C)c1cc(C)ccn1)c1ccc(-c2ccc(O)c3ccccc23)cc1.COC(=O)C[C@H](CC(=O)[C@H](C)NC(=O)CCCN(C(=O)OC(C)(C)C)c1cc(C)ccn1)c1ccc(-c2ccc(OCCOCCOCCOCCOCCN=[N+]=[N-])c3ccccc23)cc1.Cc1ccc(S(=O)(=O)CN=[N+]=[N-])cc1.O=CO[O-].[2H]CF.[Cs+].[Cs+].[H-]. The molecule has 0 bridgehead atoms. The Morgan fingerprint density at radius 3 is 1.33 bits per heavy atom. The number of aromatic hydroxyl groups is 1. The number of aromatic nitrogens is 2. The van der Waals surface area contributed by atoms with Crippen LogP contribution in [0.5, 0.6) is 11.5 Å². The monoisotopic (exact) mass is 2150 g/mol. The number of nitrogens with zero attached hydrogens (tertiary/aromatic N) is 10. The van der Waals surface area contributed by atoms with Crippen LogP contribution in [0.15, 0.2) is 197 Å². The average molecular weight is 2160 g/mol. The van der Waals surface area contributed by atoms with Crippen molar-refractivity contribution in [2.24, 2.45) is 10.2 Å². The van der Waals surface area contributed by atoms with E-state index in [0.29, 0.717) is 90.5 Å². The molecule has 35 nitrogen and oxygen atoms in total. The smallest absolute Gasteiger partial charge is 1.00 e. The number of rotatable bonds is 46. The molecule has 4 amide bonds. The molecule has 0 saturated carbocycles. The number of azide groups is 2. The van der Waals surface area contributed by atoms with Crippen molar-refractivity contribution in [3.8, 4) is 33.8 Å². The second-order valence-electron chi connectivity index (χ2n) is 32.5. The topological polar surface area (TPSA) is 477 Å². The summed E-state index contributed by atoms with van der Waals surface area (Å²) in [5, 5.41) is 34.3. The van der Waals surface area contributed by atoms with Crippen molar-refractivity contribution < 1.29 is 254 Å². The van der Waals surface area contributed by atoms with Crippen LogP contribution in [0.2, 0.25) is 0 Å². The normalized spacial score (nSPS) is 11.7. The fourth-order valence-electron chi connectivity index (χ4n) is 13.3. The molecule has 39 heteroatoms. The van der Waals surface area contributed by atoms with Gasteiger partial charge in [-0.1, -0.05) is 137 Å². The summed E-state index contributed by atoms with van der Waals surface area (Å²) >= 11 is 0. The zero-order chi connectivity index (χ0) is 100. The Morgan fingerprint density at radius 1 is 0.547 bits per heavy atom. The summed E-state index contributed by atoms with van der Waals surface area (Å²) in [5.41, 5.74) is 23.0. The van der Waals surface area contributed by atoms with E-state index in [2.05, 4.69) is 45.5 Å². The Morgan fingerprint density at radius 2 is 0.934 bits per heavy atom. The quantitative estimate of drug-likeness (QED) is 0.00367. The van der Waals surface area contributed by atoms with Gasteiger partial charge >= 0.3 is 162 Å². The summed E-state index contributed by atoms with van der Waals surface area (Å²) in [6, 6.07) is 50.4. The van der Waals surface area contributed by atoms with E-state index in [1.165, 1.54) is 36.2 Å². The number of phenols is 1. The van der Waals surface area contributed by atoms with Crippen molar-refractivity contribution in [3.63, 3.8) is 0 Å². The number of anilines is 2. The number of amides is 4. The number of hydrogen-bond acceptors (Lipinski definition) is 27. The molecule has 2 aromatic heterocycles. The number of nitrogens with one attached hydrogen (secondary N) is 2. The molecule has 2 heterocycles. The Bertz CT molecular complexity index is 5570. The number of methoxy groups -OCH3 is 2. The minimum absolute atomic E-state index is 0. The zero-order valence-corrected chi connectivity index (χ0v) is 93.8. The van der Waals surface area contributed by atoms with Crippen LogP contribution in [0.4, 0.5) is 25.6 Å². The average Bonchev–Trinajstić information content (AvgIpc) is 0.788. The third-order valence-corrected chi connectivity index (χ3v) is 21.4. The van der Waals surface area contributed by atoms with Gasteiger partial charge in [0.15, 0.2) is 21.4 Å². The number of carbonyl (C=O) groups excluding carboxylic acids is 9. The van der Waals surface area contributed by atoms with Crippen LogP contribution < -0.4 is 168 Å². The van der Waals surface area contributed by atoms with E-state index < -0.39 is 82.1 Å². The molecule has 4 atom stereocenters. The Hall–Kier alpha value is -9.41. The number of phenolic OH excluding ortho intramolecular Hbond substituents is 1. The molecule has 0 unspecified atom stereocenters. The first-order valence-corrected chi connectivity index (χ1v) is 45.0. The third kappa shape index (κ3) is 45.2. The van der Waals surface area contributed by atoms with Crippen molar-refractivity contribution in [1.29, 1.82) is 0 Å². The van der Waals surface area contributed by atoms with Crippen molar-refractivity contribution in [3.05, 3.63) is 231 Å².